The van der Waals surface area contributed by atoms with Crippen molar-refractivity contribution in [1.82, 2.24) is 9.97 Å². The molecule has 0 spiro atoms. The molecular weight excluding hydrogens is 266 g/mol. The van der Waals surface area contributed by atoms with Gasteiger partial charge in [0.05, 0.1) is 11.0 Å². The highest BCUT2D eigenvalue weighted by Crippen LogP contribution is 2.18. The van der Waals surface area contributed by atoms with E-state index >= 15 is 0 Å². The van der Waals surface area contributed by atoms with Gasteiger partial charge in [-0.1, -0.05) is 17.7 Å². The van der Waals surface area contributed by atoms with Crippen molar-refractivity contribution in [3.05, 3.63) is 63.6 Å². The fourth-order valence-electron chi connectivity index (χ4n) is 2.32. The Labute approximate surface area is 121 Å². The number of hydrogen-bond acceptors (Lipinski definition) is 2. The number of aromatic nitrogens is 2. The van der Waals surface area contributed by atoms with Crippen LogP contribution in [0, 0.1) is 13.8 Å². The molecule has 0 saturated carbocycles. The molecule has 3 rings (SSSR count). The van der Waals surface area contributed by atoms with Crippen LogP contribution in [0.3, 0.4) is 0 Å². The van der Waals surface area contributed by atoms with Crippen LogP contribution >= 0.6 is 0 Å². The van der Waals surface area contributed by atoms with Crippen molar-refractivity contribution >= 4 is 22.6 Å². The molecule has 0 radical (unpaired) electrons. The van der Waals surface area contributed by atoms with E-state index in [-0.39, 0.29) is 11.6 Å². The summed E-state index contributed by atoms with van der Waals surface area (Å²) >= 11 is 0. The van der Waals surface area contributed by atoms with Crippen molar-refractivity contribution in [2.24, 2.45) is 0 Å². The summed E-state index contributed by atoms with van der Waals surface area (Å²) < 4.78 is 0. The summed E-state index contributed by atoms with van der Waals surface area (Å²) in [4.78, 5) is 28.8. The first kappa shape index (κ1) is 13.2. The molecule has 1 heterocycles. The molecule has 0 unspecified atom stereocenters. The van der Waals surface area contributed by atoms with Crippen LogP contribution in [0.1, 0.15) is 21.5 Å². The van der Waals surface area contributed by atoms with Crippen molar-refractivity contribution in [3.63, 3.8) is 0 Å². The van der Waals surface area contributed by atoms with E-state index in [0.29, 0.717) is 16.6 Å². The predicted molar refractivity (Wildman–Crippen MR) is 82.8 cm³/mol. The Hall–Kier alpha value is -2.82. The summed E-state index contributed by atoms with van der Waals surface area (Å²) in [6.07, 6.45) is 0. The Morgan fingerprint density at radius 2 is 1.76 bits per heavy atom. The SMILES string of the molecule is Cc1ccc(NC(=O)c2ccc3[nH]c(=O)[nH]c3c2)c(C)c1. The number of amides is 1. The Morgan fingerprint density at radius 1 is 1.00 bits per heavy atom. The second-order valence-electron chi connectivity index (χ2n) is 5.11. The molecule has 0 fully saturated rings. The molecule has 0 bridgehead atoms. The smallest absolute Gasteiger partial charge is 0.322 e. The number of aromatic amines is 2. The summed E-state index contributed by atoms with van der Waals surface area (Å²) in [5, 5.41) is 2.88. The van der Waals surface area contributed by atoms with Gasteiger partial charge < -0.3 is 15.3 Å². The van der Waals surface area contributed by atoms with Crippen molar-refractivity contribution in [2.45, 2.75) is 13.8 Å². The lowest BCUT2D eigenvalue weighted by Crippen LogP contribution is -2.12. The van der Waals surface area contributed by atoms with Crippen LogP contribution in [0.25, 0.3) is 11.0 Å². The van der Waals surface area contributed by atoms with E-state index in [1.54, 1.807) is 18.2 Å². The molecule has 21 heavy (non-hydrogen) atoms. The summed E-state index contributed by atoms with van der Waals surface area (Å²) in [6, 6.07) is 10.9. The van der Waals surface area contributed by atoms with Crippen molar-refractivity contribution in [3.8, 4) is 0 Å². The van der Waals surface area contributed by atoms with Gasteiger partial charge in [-0.05, 0) is 43.7 Å². The topological polar surface area (TPSA) is 77.8 Å². The number of aryl methyl sites for hydroxylation is 2. The zero-order valence-electron chi connectivity index (χ0n) is 11.8. The van der Waals surface area contributed by atoms with Gasteiger partial charge in [-0.3, -0.25) is 4.79 Å². The fraction of sp³-hybridized carbons (Fsp3) is 0.125. The van der Waals surface area contributed by atoms with Crippen molar-refractivity contribution in [1.29, 1.82) is 0 Å². The second-order valence-corrected chi connectivity index (χ2v) is 5.11. The number of carbonyl (C=O) groups is 1. The van der Waals surface area contributed by atoms with E-state index in [9.17, 15) is 9.59 Å². The molecule has 5 heteroatoms. The summed E-state index contributed by atoms with van der Waals surface area (Å²) in [5.74, 6) is -0.203. The van der Waals surface area contributed by atoms with Crippen LogP contribution in [-0.2, 0) is 0 Å². The van der Waals surface area contributed by atoms with E-state index in [0.717, 1.165) is 16.8 Å². The van der Waals surface area contributed by atoms with Crippen LogP contribution in [0.4, 0.5) is 5.69 Å². The minimum absolute atomic E-state index is 0.203. The monoisotopic (exact) mass is 281 g/mol. The maximum absolute atomic E-state index is 12.3. The third kappa shape index (κ3) is 2.58. The van der Waals surface area contributed by atoms with Crippen LogP contribution in [0.15, 0.2) is 41.2 Å². The van der Waals surface area contributed by atoms with Gasteiger partial charge in [0.15, 0.2) is 0 Å². The molecular formula is C16H15N3O2. The fourth-order valence-corrected chi connectivity index (χ4v) is 2.32. The van der Waals surface area contributed by atoms with Crippen LogP contribution in [-0.4, -0.2) is 15.9 Å². The molecule has 5 nitrogen and oxygen atoms in total. The molecule has 0 aliphatic carbocycles. The maximum Gasteiger partial charge on any atom is 0.323 e. The summed E-state index contributed by atoms with van der Waals surface area (Å²) in [7, 11) is 0. The zero-order chi connectivity index (χ0) is 15.0. The van der Waals surface area contributed by atoms with Gasteiger partial charge in [0.2, 0.25) is 0 Å². The van der Waals surface area contributed by atoms with Gasteiger partial charge in [0.25, 0.3) is 5.91 Å². The number of benzene rings is 2. The average Bonchev–Trinajstić information content (AvgIpc) is 2.80. The molecule has 3 N–H and O–H groups in total. The van der Waals surface area contributed by atoms with Crippen LogP contribution < -0.4 is 11.0 Å². The second kappa shape index (κ2) is 4.94. The third-order valence-corrected chi connectivity index (χ3v) is 3.41. The Kier molecular flexibility index (Phi) is 3.10. The molecule has 0 aliphatic heterocycles. The predicted octanol–water partition coefficient (Wildman–Crippen LogP) is 2.73. The van der Waals surface area contributed by atoms with Gasteiger partial charge in [0, 0.05) is 11.3 Å². The van der Waals surface area contributed by atoms with Crippen LogP contribution in [0.5, 0.6) is 0 Å². The van der Waals surface area contributed by atoms with Crippen molar-refractivity contribution < 1.29 is 4.79 Å². The minimum atomic E-state index is -0.281. The van der Waals surface area contributed by atoms with Gasteiger partial charge in [-0.15, -0.1) is 0 Å². The Balaban J connectivity index is 1.91. The minimum Gasteiger partial charge on any atom is -0.322 e. The summed E-state index contributed by atoms with van der Waals surface area (Å²) in [5.41, 5.74) is 4.47. The number of H-pyrrole nitrogens is 2. The van der Waals surface area contributed by atoms with Gasteiger partial charge in [-0.25, -0.2) is 4.79 Å². The van der Waals surface area contributed by atoms with Gasteiger partial charge in [0.1, 0.15) is 0 Å². The largest absolute Gasteiger partial charge is 0.323 e. The van der Waals surface area contributed by atoms with E-state index in [1.165, 1.54) is 0 Å². The first-order valence-electron chi connectivity index (χ1n) is 6.63. The molecule has 0 saturated heterocycles. The lowest BCUT2D eigenvalue weighted by Gasteiger charge is -2.09. The van der Waals surface area contributed by atoms with E-state index in [4.69, 9.17) is 0 Å². The molecule has 0 aliphatic rings. The number of anilines is 1. The molecule has 1 aromatic heterocycles. The lowest BCUT2D eigenvalue weighted by atomic mass is 10.1. The Morgan fingerprint density at radius 3 is 2.52 bits per heavy atom. The highest BCUT2D eigenvalue weighted by molar-refractivity contribution is 6.06. The van der Waals surface area contributed by atoms with Crippen molar-refractivity contribution in [2.75, 3.05) is 5.32 Å². The lowest BCUT2D eigenvalue weighted by molar-refractivity contribution is 0.102. The van der Waals surface area contributed by atoms with E-state index in [2.05, 4.69) is 15.3 Å². The Bertz CT molecular complexity index is 890. The average molecular weight is 281 g/mol. The maximum atomic E-state index is 12.3. The number of hydrogen-bond donors (Lipinski definition) is 3. The highest BCUT2D eigenvalue weighted by Gasteiger charge is 2.09. The first-order valence-corrected chi connectivity index (χ1v) is 6.63. The normalized spacial score (nSPS) is 10.8. The van der Waals surface area contributed by atoms with E-state index in [1.807, 2.05) is 32.0 Å². The summed E-state index contributed by atoms with van der Waals surface area (Å²) in [6.45, 7) is 3.96. The number of fused-ring (bicyclic) bond motifs is 1. The third-order valence-electron chi connectivity index (χ3n) is 3.41. The molecule has 1 amide bonds. The quantitative estimate of drug-likeness (QED) is 0.675. The van der Waals surface area contributed by atoms with Gasteiger partial charge in [-0.2, -0.15) is 0 Å². The number of imidazole rings is 1. The van der Waals surface area contributed by atoms with E-state index < -0.39 is 0 Å². The molecule has 106 valence electrons. The standard InChI is InChI=1S/C16H15N3O2/c1-9-3-5-12(10(2)7-9)17-15(20)11-4-6-13-14(8-11)19-16(21)18-13/h3-8H,1-2H3,(H,17,20)(H2,18,19,21). The number of rotatable bonds is 2. The van der Waals surface area contributed by atoms with Crippen LogP contribution in [0.2, 0.25) is 0 Å². The zero-order valence-corrected chi connectivity index (χ0v) is 11.8. The molecule has 2 aromatic carbocycles. The first-order chi connectivity index (χ1) is 10.0. The van der Waals surface area contributed by atoms with Gasteiger partial charge >= 0.3 is 5.69 Å². The molecule has 3 aromatic rings. The number of carbonyl (C=O) groups excluding carboxylic acids is 1. The number of nitrogens with one attached hydrogen (secondary N) is 3. The highest BCUT2D eigenvalue weighted by atomic mass is 16.2. The molecule has 0 atom stereocenters.